The van der Waals surface area contributed by atoms with Gasteiger partial charge in [-0.3, -0.25) is 4.79 Å². The molecule has 1 heterocycles. The molecule has 104 valence electrons. The molecule has 0 spiro atoms. The molecule has 1 aliphatic carbocycles. The van der Waals surface area contributed by atoms with Crippen LogP contribution in [0.5, 0.6) is 0 Å². The number of nitrogens with zero attached hydrogens (tertiary/aromatic N) is 1. The Morgan fingerprint density at radius 2 is 1.89 bits per heavy atom. The van der Waals surface area contributed by atoms with E-state index in [-0.39, 0.29) is 0 Å². The van der Waals surface area contributed by atoms with Gasteiger partial charge in [0.25, 0.3) is 0 Å². The summed E-state index contributed by atoms with van der Waals surface area (Å²) in [5.74, 6) is 1.27. The third-order valence-corrected chi connectivity index (χ3v) is 5.17. The molecule has 0 aromatic rings. The zero-order valence-corrected chi connectivity index (χ0v) is 13.0. The van der Waals surface area contributed by atoms with Crippen LogP contribution in [0.3, 0.4) is 0 Å². The Morgan fingerprint density at radius 1 is 1.11 bits per heavy atom. The van der Waals surface area contributed by atoms with Gasteiger partial charge in [-0.25, -0.2) is 0 Å². The van der Waals surface area contributed by atoms with E-state index in [1.165, 1.54) is 51.4 Å². The van der Waals surface area contributed by atoms with Crippen LogP contribution in [0.15, 0.2) is 0 Å². The zero-order valence-electron chi connectivity index (χ0n) is 11.4. The largest absolute Gasteiger partial charge is 0.340 e. The van der Waals surface area contributed by atoms with Crippen LogP contribution in [0.4, 0.5) is 0 Å². The van der Waals surface area contributed by atoms with Crippen molar-refractivity contribution in [3.63, 3.8) is 0 Å². The Morgan fingerprint density at radius 3 is 2.61 bits per heavy atom. The molecule has 2 aliphatic rings. The molecule has 1 saturated carbocycles. The van der Waals surface area contributed by atoms with Crippen LogP contribution in [0.25, 0.3) is 0 Å². The number of likely N-dealkylation sites (tertiary alicyclic amines) is 1. The van der Waals surface area contributed by atoms with Gasteiger partial charge in [-0.05, 0) is 38.0 Å². The third kappa shape index (κ3) is 3.97. The molecule has 0 bridgehead atoms. The number of carbonyl (C=O) groups excluding carboxylic acids is 1. The highest BCUT2D eigenvalue weighted by atomic mass is 79.9. The molecule has 0 N–H and O–H groups in total. The summed E-state index contributed by atoms with van der Waals surface area (Å²) in [4.78, 5) is 14.5. The SMILES string of the molecule is O=C(CCC1CCCC1)N1CCCC1CCCBr. The summed E-state index contributed by atoms with van der Waals surface area (Å²) in [7, 11) is 0. The van der Waals surface area contributed by atoms with Crippen molar-refractivity contribution >= 4 is 21.8 Å². The quantitative estimate of drug-likeness (QED) is 0.675. The lowest BCUT2D eigenvalue weighted by atomic mass is 10.0. The first-order valence-electron chi connectivity index (χ1n) is 7.66. The van der Waals surface area contributed by atoms with Crippen LogP contribution >= 0.6 is 15.9 Å². The van der Waals surface area contributed by atoms with Gasteiger partial charge in [0.15, 0.2) is 0 Å². The highest BCUT2D eigenvalue weighted by Crippen LogP contribution is 2.30. The van der Waals surface area contributed by atoms with Crippen LogP contribution in [-0.2, 0) is 4.79 Å². The lowest BCUT2D eigenvalue weighted by Crippen LogP contribution is -2.35. The molecule has 2 nitrogen and oxygen atoms in total. The van der Waals surface area contributed by atoms with Crippen LogP contribution in [-0.4, -0.2) is 28.7 Å². The Balaban J connectivity index is 1.72. The van der Waals surface area contributed by atoms with Crippen molar-refractivity contribution in [1.29, 1.82) is 0 Å². The minimum Gasteiger partial charge on any atom is -0.340 e. The molecular formula is C15H26BrNO. The third-order valence-electron chi connectivity index (χ3n) is 4.61. The molecule has 0 radical (unpaired) electrons. The van der Waals surface area contributed by atoms with Crippen LogP contribution in [0.2, 0.25) is 0 Å². The topological polar surface area (TPSA) is 20.3 Å². The molecule has 1 atom stereocenters. The highest BCUT2D eigenvalue weighted by molar-refractivity contribution is 9.09. The van der Waals surface area contributed by atoms with Gasteiger partial charge >= 0.3 is 0 Å². The maximum atomic E-state index is 12.3. The van der Waals surface area contributed by atoms with Crippen molar-refractivity contribution in [2.45, 2.75) is 70.3 Å². The monoisotopic (exact) mass is 315 g/mol. The van der Waals surface area contributed by atoms with E-state index in [1.807, 2.05) is 0 Å². The van der Waals surface area contributed by atoms with Crippen molar-refractivity contribution in [3.8, 4) is 0 Å². The molecule has 1 saturated heterocycles. The Kier molecular flexibility index (Phi) is 6.00. The second-order valence-electron chi connectivity index (χ2n) is 5.90. The maximum Gasteiger partial charge on any atom is 0.222 e. The fourth-order valence-corrected chi connectivity index (χ4v) is 3.87. The fraction of sp³-hybridized carbons (Fsp3) is 0.933. The average molecular weight is 316 g/mol. The molecule has 1 amide bonds. The second-order valence-corrected chi connectivity index (χ2v) is 6.70. The van der Waals surface area contributed by atoms with E-state index in [0.717, 1.165) is 30.6 Å². The van der Waals surface area contributed by atoms with Crippen molar-refractivity contribution < 1.29 is 4.79 Å². The van der Waals surface area contributed by atoms with E-state index < -0.39 is 0 Å². The predicted octanol–water partition coefficient (Wildman–Crippen LogP) is 4.12. The molecule has 0 aromatic carbocycles. The zero-order chi connectivity index (χ0) is 12.8. The lowest BCUT2D eigenvalue weighted by molar-refractivity contribution is -0.132. The van der Waals surface area contributed by atoms with Gasteiger partial charge in [0.05, 0.1) is 0 Å². The van der Waals surface area contributed by atoms with E-state index >= 15 is 0 Å². The van der Waals surface area contributed by atoms with Gasteiger partial charge < -0.3 is 4.90 Å². The Bertz CT molecular complexity index is 263. The van der Waals surface area contributed by atoms with Gasteiger partial charge in [0.1, 0.15) is 0 Å². The van der Waals surface area contributed by atoms with Crippen LogP contribution in [0.1, 0.15) is 64.2 Å². The molecule has 2 fully saturated rings. The summed E-state index contributed by atoms with van der Waals surface area (Å²) >= 11 is 3.49. The van der Waals surface area contributed by atoms with Crippen molar-refractivity contribution in [2.24, 2.45) is 5.92 Å². The summed E-state index contributed by atoms with van der Waals surface area (Å²) < 4.78 is 0. The maximum absolute atomic E-state index is 12.3. The summed E-state index contributed by atoms with van der Waals surface area (Å²) in [5, 5.41) is 1.06. The van der Waals surface area contributed by atoms with E-state index in [2.05, 4.69) is 20.8 Å². The van der Waals surface area contributed by atoms with E-state index in [9.17, 15) is 4.79 Å². The minimum absolute atomic E-state index is 0.430. The number of amides is 1. The van der Waals surface area contributed by atoms with Crippen LogP contribution < -0.4 is 0 Å². The second kappa shape index (κ2) is 7.52. The van der Waals surface area contributed by atoms with E-state index in [0.29, 0.717) is 11.9 Å². The van der Waals surface area contributed by atoms with Crippen molar-refractivity contribution in [1.82, 2.24) is 4.90 Å². The Hall–Kier alpha value is -0.0500. The summed E-state index contributed by atoms with van der Waals surface area (Å²) in [6, 6.07) is 0.540. The number of alkyl halides is 1. The number of rotatable bonds is 6. The van der Waals surface area contributed by atoms with E-state index in [1.54, 1.807) is 0 Å². The number of halogens is 1. The molecule has 3 heteroatoms. The predicted molar refractivity (Wildman–Crippen MR) is 79.0 cm³/mol. The average Bonchev–Trinajstić information content (AvgIpc) is 3.04. The number of hydrogen-bond donors (Lipinski definition) is 0. The standard InChI is InChI=1S/C15H26BrNO/c16-11-3-7-14-8-4-12-17(14)15(18)10-9-13-5-1-2-6-13/h13-14H,1-12H2. The van der Waals surface area contributed by atoms with Gasteiger partial charge in [-0.2, -0.15) is 0 Å². The first-order valence-corrected chi connectivity index (χ1v) is 8.79. The molecule has 1 unspecified atom stereocenters. The number of carbonyl (C=O) groups is 1. The number of hydrogen-bond acceptors (Lipinski definition) is 1. The smallest absolute Gasteiger partial charge is 0.222 e. The van der Waals surface area contributed by atoms with Crippen molar-refractivity contribution in [3.05, 3.63) is 0 Å². The summed E-state index contributed by atoms with van der Waals surface area (Å²) in [6.07, 6.45) is 12.2. The minimum atomic E-state index is 0.430. The normalized spacial score (nSPS) is 24.9. The fourth-order valence-electron chi connectivity index (χ4n) is 3.55. The molecule has 18 heavy (non-hydrogen) atoms. The van der Waals surface area contributed by atoms with Gasteiger partial charge in [-0.15, -0.1) is 0 Å². The lowest BCUT2D eigenvalue weighted by Gasteiger charge is -2.25. The first-order chi connectivity index (χ1) is 8.81. The van der Waals surface area contributed by atoms with Gasteiger partial charge in [0.2, 0.25) is 5.91 Å². The highest BCUT2D eigenvalue weighted by Gasteiger charge is 2.28. The van der Waals surface area contributed by atoms with Gasteiger partial charge in [0, 0.05) is 24.3 Å². The molecule has 2 rings (SSSR count). The van der Waals surface area contributed by atoms with Gasteiger partial charge in [-0.1, -0.05) is 41.6 Å². The first kappa shape index (κ1) is 14.4. The molecular weight excluding hydrogens is 290 g/mol. The molecule has 0 aromatic heterocycles. The molecule has 1 aliphatic heterocycles. The Labute approximate surface area is 120 Å². The van der Waals surface area contributed by atoms with E-state index in [4.69, 9.17) is 0 Å². The summed E-state index contributed by atoms with van der Waals surface area (Å²) in [6.45, 7) is 1.01. The summed E-state index contributed by atoms with van der Waals surface area (Å²) in [5.41, 5.74) is 0. The van der Waals surface area contributed by atoms with Crippen LogP contribution in [0, 0.1) is 5.92 Å². The van der Waals surface area contributed by atoms with Crippen molar-refractivity contribution in [2.75, 3.05) is 11.9 Å².